The summed E-state index contributed by atoms with van der Waals surface area (Å²) in [5, 5.41) is 0. The standard InChI is InChI=1S/C26H30N2/c1-4-10-23(11-5-1)16-17-26-22-27(20-24-12-6-2-7-13-24)18-19-28(26)21-25-14-8-3-9-15-25/h1-15,26H,16-22H2. The van der Waals surface area contributed by atoms with Crippen molar-refractivity contribution in [2.24, 2.45) is 0 Å². The first-order valence-electron chi connectivity index (χ1n) is 10.4. The minimum atomic E-state index is 0.595. The summed E-state index contributed by atoms with van der Waals surface area (Å²) in [7, 11) is 0. The van der Waals surface area contributed by atoms with Gasteiger partial charge >= 0.3 is 0 Å². The van der Waals surface area contributed by atoms with Crippen LogP contribution in [0.4, 0.5) is 0 Å². The molecule has 1 heterocycles. The summed E-state index contributed by atoms with van der Waals surface area (Å²) >= 11 is 0. The second-order valence-electron chi connectivity index (χ2n) is 7.85. The number of piperazine rings is 1. The lowest BCUT2D eigenvalue weighted by Gasteiger charge is -2.42. The molecule has 3 aromatic carbocycles. The van der Waals surface area contributed by atoms with E-state index in [1.54, 1.807) is 0 Å². The summed E-state index contributed by atoms with van der Waals surface area (Å²) in [6, 6.07) is 33.3. The highest BCUT2D eigenvalue weighted by molar-refractivity contribution is 5.17. The van der Waals surface area contributed by atoms with Crippen LogP contribution in [0.15, 0.2) is 91.0 Å². The van der Waals surface area contributed by atoms with Gasteiger partial charge in [0.2, 0.25) is 0 Å². The van der Waals surface area contributed by atoms with Crippen LogP contribution in [0.5, 0.6) is 0 Å². The minimum absolute atomic E-state index is 0.595. The Labute approximate surface area is 169 Å². The van der Waals surface area contributed by atoms with Crippen molar-refractivity contribution >= 4 is 0 Å². The third-order valence-corrected chi connectivity index (χ3v) is 5.78. The maximum absolute atomic E-state index is 2.69. The molecule has 4 rings (SSSR count). The van der Waals surface area contributed by atoms with E-state index >= 15 is 0 Å². The molecule has 1 unspecified atom stereocenters. The Balaban J connectivity index is 1.43. The van der Waals surface area contributed by atoms with Crippen molar-refractivity contribution in [3.63, 3.8) is 0 Å². The third-order valence-electron chi connectivity index (χ3n) is 5.78. The van der Waals surface area contributed by atoms with Gasteiger partial charge in [0.1, 0.15) is 0 Å². The van der Waals surface area contributed by atoms with Gasteiger partial charge in [-0.05, 0) is 29.5 Å². The lowest BCUT2D eigenvalue weighted by molar-refractivity contribution is 0.0597. The number of rotatable bonds is 7. The maximum atomic E-state index is 2.69. The smallest absolute Gasteiger partial charge is 0.0237 e. The summed E-state index contributed by atoms with van der Waals surface area (Å²) in [4.78, 5) is 5.33. The SMILES string of the molecule is c1ccc(CCC2CN(Cc3ccccc3)CCN2Cc2ccccc2)cc1. The van der Waals surface area contributed by atoms with Crippen molar-refractivity contribution in [2.45, 2.75) is 32.0 Å². The molecule has 0 radical (unpaired) electrons. The lowest BCUT2D eigenvalue weighted by Crippen LogP contribution is -2.52. The Morgan fingerprint density at radius 3 is 1.75 bits per heavy atom. The van der Waals surface area contributed by atoms with Gasteiger partial charge in [-0.15, -0.1) is 0 Å². The summed E-state index contributed by atoms with van der Waals surface area (Å²) < 4.78 is 0. The molecular weight excluding hydrogens is 340 g/mol. The normalized spacial score (nSPS) is 18.2. The molecule has 0 amide bonds. The second kappa shape index (κ2) is 9.68. The molecule has 0 N–H and O–H groups in total. The van der Waals surface area contributed by atoms with Gasteiger partial charge in [0.15, 0.2) is 0 Å². The average Bonchev–Trinajstić information content (AvgIpc) is 2.76. The van der Waals surface area contributed by atoms with Crippen LogP contribution >= 0.6 is 0 Å². The molecule has 1 saturated heterocycles. The third kappa shape index (κ3) is 5.31. The van der Waals surface area contributed by atoms with Crippen molar-refractivity contribution < 1.29 is 0 Å². The monoisotopic (exact) mass is 370 g/mol. The molecule has 1 atom stereocenters. The van der Waals surface area contributed by atoms with Gasteiger partial charge in [-0.25, -0.2) is 0 Å². The molecular formula is C26H30N2. The van der Waals surface area contributed by atoms with Crippen LogP contribution in [-0.4, -0.2) is 35.5 Å². The zero-order valence-corrected chi connectivity index (χ0v) is 16.6. The molecule has 2 nitrogen and oxygen atoms in total. The van der Waals surface area contributed by atoms with Crippen molar-refractivity contribution in [1.82, 2.24) is 9.80 Å². The number of hydrogen-bond acceptors (Lipinski definition) is 2. The fourth-order valence-corrected chi connectivity index (χ4v) is 4.22. The molecule has 0 bridgehead atoms. The van der Waals surface area contributed by atoms with E-state index in [9.17, 15) is 0 Å². The van der Waals surface area contributed by atoms with Gasteiger partial charge in [-0.2, -0.15) is 0 Å². The van der Waals surface area contributed by atoms with Crippen LogP contribution in [0.2, 0.25) is 0 Å². The van der Waals surface area contributed by atoms with E-state index in [1.165, 1.54) is 23.1 Å². The molecule has 0 aliphatic carbocycles. The van der Waals surface area contributed by atoms with Crippen LogP contribution in [0, 0.1) is 0 Å². The van der Waals surface area contributed by atoms with E-state index in [0.717, 1.165) is 39.1 Å². The predicted molar refractivity (Wildman–Crippen MR) is 117 cm³/mol. The molecule has 28 heavy (non-hydrogen) atoms. The molecule has 0 aromatic heterocycles. The van der Waals surface area contributed by atoms with Crippen molar-refractivity contribution in [1.29, 1.82) is 0 Å². The highest BCUT2D eigenvalue weighted by atomic mass is 15.3. The van der Waals surface area contributed by atoms with Crippen LogP contribution in [0.3, 0.4) is 0 Å². The lowest BCUT2D eigenvalue weighted by atomic mass is 10.0. The van der Waals surface area contributed by atoms with E-state index in [4.69, 9.17) is 0 Å². The Morgan fingerprint density at radius 2 is 1.14 bits per heavy atom. The van der Waals surface area contributed by atoms with Crippen molar-refractivity contribution in [2.75, 3.05) is 19.6 Å². The van der Waals surface area contributed by atoms with E-state index in [-0.39, 0.29) is 0 Å². The van der Waals surface area contributed by atoms with E-state index in [2.05, 4.69) is 101 Å². The molecule has 0 spiro atoms. The fraction of sp³-hybridized carbons (Fsp3) is 0.308. The van der Waals surface area contributed by atoms with E-state index in [0.29, 0.717) is 6.04 Å². The number of aryl methyl sites for hydroxylation is 1. The van der Waals surface area contributed by atoms with Gasteiger partial charge in [-0.3, -0.25) is 9.80 Å². The maximum Gasteiger partial charge on any atom is 0.0237 e. The quantitative estimate of drug-likeness (QED) is 0.577. The highest BCUT2D eigenvalue weighted by Gasteiger charge is 2.26. The van der Waals surface area contributed by atoms with E-state index in [1.807, 2.05) is 0 Å². The number of benzene rings is 3. The minimum Gasteiger partial charge on any atom is -0.296 e. The average molecular weight is 371 g/mol. The Kier molecular flexibility index (Phi) is 6.54. The van der Waals surface area contributed by atoms with Gasteiger partial charge in [0.05, 0.1) is 0 Å². The first kappa shape index (κ1) is 18.9. The predicted octanol–water partition coefficient (Wildman–Crippen LogP) is 5.01. The van der Waals surface area contributed by atoms with Crippen LogP contribution in [0.1, 0.15) is 23.1 Å². The summed E-state index contributed by atoms with van der Waals surface area (Å²) in [5.74, 6) is 0. The topological polar surface area (TPSA) is 6.48 Å². The first-order chi connectivity index (χ1) is 13.9. The van der Waals surface area contributed by atoms with Crippen LogP contribution in [0.25, 0.3) is 0 Å². The molecule has 1 fully saturated rings. The Morgan fingerprint density at radius 1 is 0.607 bits per heavy atom. The molecule has 0 saturated carbocycles. The molecule has 1 aliphatic rings. The Bertz CT molecular complexity index is 817. The molecule has 2 heteroatoms. The Hall–Kier alpha value is -2.42. The van der Waals surface area contributed by atoms with Crippen LogP contribution in [-0.2, 0) is 19.5 Å². The summed E-state index contributed by atoms with van der Waals surface area (Å²) in [5.41, 5.74) is 4.28. The van der Waals surface area contributed by atoms with Gasteiger partial charge in [-0.1, -0.05) is 91.0 Å². The zero-order chi connectivity index (χ0) is 19.0. The van der Waals surface area contributed by atoms with Crippen molar-refractivity contribution in [3.8, 4) is 0 Å². The first-order valence-corrected chi connectivity index (χ1v) is 10.4. The van der Waals surface area contributed by atoms with Gasteiger partial charge in [0, 0.05) is 38.8 Å². The van der Waals surface area contributed by atoms with Gasteiger partial charge in [0.25, 0.3) is 0 Å². The summed E-state index contributed by atoms with van der Waals surface area (Å²) in [6.45, 7) is 5.54. The van der Waals surface area contributed by atoms with Crippen LogP contribution < -0.4 is 0 Å². The van der Waals surface area contributed by atoms with Gasteiger partial charge < -0.3 is 0 Å². The van der Waals surface area contributed by atoms with Crippen molar-refractivity contribution in [3.05, 3.63) is 108 Å². The number of nitrogens with zero attached hydrogens (tertiary/aromatic N) is 2. The fourth-order valence-electron chi connectivity index (χ4n) is 4.22. The molecule has 1 aliphatic heterocycles. The van der Waals surface area contributed by atoms with E-state index < -0.39 is 0 Å². The zero-order valence-electron chi connectivity index (χ0n) is 16.6. The number of hydrogen-bond donors (Lipinski definition) is 0. The summed E-state index contributed by atoms with van der Waals surface area (Å²) in [6.07, 6.45) is 2.36. The highest BCUT2D eigenvalue weighted by Crippen LogP contribution is 2.20. The molecule has 3 aromatic rings. The largest absolute Gasteiger partial charge is 0.296 e. The molecule has 144 valence electrons. The second-order valence-corrected chi connectivity index (χ2v) is 7.85.